The van der Waals surface area contributed by atoms with E-state index < -0.39 is 5.97 Å². The Bertz CT molecular complexity index is 351. The molecule has 0 heterocycles. The lowest BCUT2D eigenvalue weighted by Crippen LogP contribution is -2.10. The van der Waals surface area contributed by atoms with Gasteiger partial charge in [0.05, 0.1) is 6.10 Å². The van der Waals surface area contributed by atoms with Gasteiger partial charge in [-0.25, -0.2) is 0 Å². The van der Waals surface area contributed by atoms with Crippen molar-refractivity contribution < 1.29 is 14.6 Å². The van der Waals surface area contributed by atoms with Gasteiger partial charge in [-0.15, -0.1) is 0 Å². The van der Waals surface area contributed by atoms with Crippen LogP contribution in [0.15, 0.2) is 12.2 Å². The minimum absolute atomic E-state index is 0.327. The normalized spacial score (nSPS) is 22.2. The molecule has 0 aliphatic heterocycles. The first-order chi connectivity index (χ1) is 11.7. The van der Waals surface area contributed by atoms with Crippen molar-refractivity contribution in [2.24, 2.45) is 11.8 Å². The van der Waals surface area contributed by atoms with Gasteiger partial charge in [0, 0.05) is 13.5 Å². The minimum Gasteiger partial charge on any atom is -0.481 e. The van der Waals surface area contributed by atoms with Crippen molar-refractivity contribution in [3.8, 4) is 0 Å². The van der Waals surface area contributed by atoms with Gasteiger partial charge in [0.15, 0.2) is 0 Å². The lowest BCUT2D eigenvalue weighted by molar-refractivity contribution is -0.137. The van der Waals surface area contributed by atoms with Gasteiger partial charge in [0.25, 0.3) is 0 Å². The molecule has 0 aromatic carbocycles. The van der Waals surface area contributed by atoms with E-state index in [4.69, 9.17) is 9.84 Å². The van der Waals surface area contributed by atoms with Crippen molar-refractivity contribution in [2.45, 2.75) is 96.5 Å². The third kappa shape index (κ3) is 9.46. The molecule has 0 bridgehead atoms. The number of ether oxygens (including phenoxy) is 1. The first-order valence-corrected chi connectivity index (χ1v) is 10.1. The number of unbranched alkanes of at least 4 members (excludes halogenated alkanes) is 4. The standard InChI is InChI=1S/C21H38O3/c1-3-4-15-20(24-2)16-10-14-19-13-9-12-18(19)11-7-5-6-8-17-21(22)23/h10,14,18-20H,3-9,11-13,15-17H2,1-2H3,(H,22,23)/t18-,19+,20?/m0/s1. The van der Waals surface area contributed by atoms with Crippen LogP contribution >= 0.6 is 0 Å². The van der Waals surface area contributed by atoms with Gasteiger partial charge in [-0.05, 0) is 50.4 Å². The molecule has 0 spiro atoms. The SMILES string of the molecule is CCCCC(CC=C[C@H]1CCC[C@@H]1CCCCCCC(=O)O)OC. The zero-order valence-electron chi connectivity index (χ0n) is 15.8. The van der Waals surface area contributed by atoms with Crippen molar-refractivity contribution in [2.75, 3.05) is 7.11 Å². The Labute approximate surface area is 148 Å². The van der Waals surface area contributed by atoms with Crippen LogP contribution in [0.5, 0.6) is 0 Å². The first-order valence-electron chi connectivity index (χ1n) is 10.1. The number of hydrogen-bond donors (Lipinski definition) is 1. The van der Waals surface area contributed by atoms with E-state index in [-0.39, 0.29) is 0 Å². The van der Waals surface area contributed by atoms with Crippen molar-refractivity contribution in [1.29, 1.82) is 0 Å². The van der Waals surface area contributed by atoms with Crippen LogP contribution in [0.4, 0.5) is 0 Å². The van der Waals surface area contributed by atoms with Crippen molar-refractivity contribution in [3.63, 3.8) is 0 Å². The predicted molar refractivity (Wildman–Crippen MR) is 100 cm³/mol. The summed E-state index contributed by atoms with van der Waals surface area (Å²) < 4.78 is 5.57. The van der Waals surface area contributed by atoms with Gasteiger partial charge in [-0.2, -0.15) is 0 Å². The van der Waals surface area contributed by atoms with E-state index in [2.05, 4.69) is 19.1 Å². The molecular formula is C21H38O3. The molecule has 0 amide bonds. The number of methoxy groups -OCH3 is 1. The number of aliphatic carboxylic acids is 1. The molecule has 3 atom stereocenters. The van der Waals surface area contributed by atoms with Gasteiger partial charge >= 0.3 is 5.97 Å². The number of hydrogen-bond acceptors (Lipinski definition) is 2. The van der Waals surface area contributed by atoms with E-state index >= 15 is 0 Å². The smallest absolute Gasteiger partial charge is 0.303 e. The molecule has 1 rings (SSSR count). The van der Waals surface area contributed by atoms with Crippen LogP contribution in [0.2, 0.25) is 0 Å². The molecule has 0 aromatic rings. The summed E-state index contributed by atoms with van der Waals surface area (Å²) >= 11 is 0. The third-order valence-electron chi connectivity index (χ3n) is 5.43. The monoisotopic (exact) mass is 338 g/mol. The second kappa shape index (κ2) is 13.5. The molecule has 1 saturated carbocycles. The molecule has 3 nitrogen and oxygen atoms in total. The van der Waals surface area contributed by atoms with Crippen molar-refractivity contribution >= 4 is 5.97 Å². The number of rotatable bonds is 14. The lowest BCUT2D eigenvalue weighted by atomic mass is 9.90. The van der Waals surface area contributed by atoms with Gasteiger partial charge < -0.3 is 9.84 Å². The Morgan fingerprint density at radius 3 is 2.71 bits per heavy atom. The summed E-state index contributed by atoms with van der Waals surface area (Å²) in [5.74, 6) is 0.939. The summed E-state index contributed by atoms with van der Waals surface area (Å²) in [6.45, 7) is 2.23. The van der Waals surface area contributed by atoms with Gasteiger partial charge in [-0.1, -0.05) is 57.6 Å². The number of allylic oxidation sites excluding steroid dienone is 1. The second-order valence-corrected chi connectivity index (χ2v) is 7.37. The minimum atomic E-state index is -0.663. The zero-order chi connectivity index (χ0) is 17.6. The maximum atomic E-state index is 10.5. The second-order valence-electron chi connectivity index (χ2n) is 7.37. The molecule has 1 unspecified atom stereocenters. The quantitative estimate of drug-likeness (QED) is 0.313. The number of carboxylic acid groups (broad SMARTS) is 1. The van der Waals surface area contributed by atoms with Crippen LogP contribution in [0.1, 0.15) is 90.4 Å². The Hall–Kier alpha value is -0.830. The van der Waals surface area contributed by atoms with E-state index in [9.17, 15) is 4.79 Å². The van der Waals surface area contributed by atoms with E-state index in [1.807, 2.05) is 7.11 Å². The highest BCUT2D eigenvalue weighted by atomic mass is 16.5. The summed E-state index contributed by atoms with van der Waals surface area (Å²) in [6.07, 6.45) is 20.0. The summed E-state index contributed by atoms with van der Waals surface area (Å²) in [5.41, 5.74) is 0. The zero-order valence-corrected chi connectivity index (χ0v) is 15.8. The highest BCUT2D eigenvalue weighted by Gasteiger charge is 2.24. The fourth-order valence-electron chi connectivity index (χ4n) is 3.88. The fourth-order valence-corrected chi connectivity index (χ4v) is 3.88. The molecule has 3 heteroatoms. The number of carboxylic acids is 1. The molecule has 1 aliphatic carbocycles. The number of carbonyl (C=O) groups is 1. The Kier molecular flexibility index (Phi) is 11.9. The molecule has 1 N–H and O–H groups in total. The highest BCUT2D eigenvalue weighted by molar-refractivity contribution is 5.66. The molecule has 0 radical (unpaired) electrons. The van der Waals surface area contributed by atoms with Crippen LogP contribution in [0.25, 0.3) is 0 Å². The summed E-state index contributed by atoms with van der Waals surface area (Å²) in [7, 11) is 1.83. The van der Waals surface area contributed by atoms with Crippen LogP contribution < -0.4 is 0 Å². The largest absolute Gasteiger partial charge is 0.481 e. The van der Waals surface area contributed by atoms with E-state index in [0.29, 0.717) is 12.5 Å². The first kappa shape index (κ1) is 21.2. The average molecular weight is 339 g/mol. The van der Waals surface area contributed by atoms with Crippen LogP contribution in [-0.2, 0) is 9.53 Å². The van der Waals surface area contributed by atoms with E-state index in [1.54, 1.807) is 0 Å². The summed E-state index contributed by atoms with van der Waals surface area (Å²) in [4.78, 5) is 10.5. The maximum absolute atomic E-state index is 10.5. The average Bonchev–Trinajstić information content (AvgIpc) is 3.01. The van der Waals surface area contributed by atoms with Crippen LogP contribution in [0, 0.1) is 11.8 Å². The van der Waals surface area contributed by atoms with Crippen LogP contribution in [-0.4, -0.2) is 24.3 Å². The third-order valence-corrected chi connectivity index (χ3v) is 5.43. The Balaban J connectivity index is 2.19. The fraction of sp³-hybridized carbons (Fsp3) is 0.857. The predicted octanol–water partition coefficient (Wildman–Crippen LogP) is 5.98. The molecule has 1 aliphatic rings. The Morgan fingerprint density at radius 2 is 2.00 bits per heavy atom. The lowest BCUT2D eigenvalue weighted by Gasteiger charge is -2.17. The molecule has 24 heavy (non-hydrogen) atoms. The summed E-state index contributed by atoms with van der Waals surface area (Å²) in [5, 5.41) is 8.65. The molecular weight excluding hydrogens is 300 g/mol. The highest BCUT2D eigenvalue weighted by Crippen LogP contribution is 2.36. The van der Waals surface area contributed by atoms with E-state index in [1.165, 1.54) is 57.8 Å². The maximum Gasteiger partial charge on any atom is 0.303 e. The van der Waals surface area contributed by atoms with Gasteiger partial charge in [-0.3, -0.25) is 4.79 Å². The van der Waals surface area contributed by atoms with Gasteiger partial charge in [0.2, 0.25) is 0 Å². The van der Waals surface area contributed by atoms with Crippen LogP contribution in [0.3, 0.4) is 0 Å². The summed E-state index contributed by atoms with van der Waals surface area (Å²) in [6, 6.07) is 0. The molecule has 0 saturated heterocycles. The molecule has 0 aromatic heterocycles. The molecule has 1 fully saturated rings. The Morgan fingerprint density at radius 1 is 1.21 bits per heavy atom. The van der Waals surface area contributed by atoms with Crippen molar-refractivity contribution in [3.05, 3.63) is 12.2 Å². The molecule has 140 valence electrons. The topological polar surface area (TPSA) is 46.5 Å². The van der Waals surface area contributed by atoms with Gasteiger partial charge in [0.1, 0.15) is 0 Å². The van der Waals surface area contributed by atoms with E-state index in [0.717, 1.165) is 31.1 Å². The van der Waals surface area contributed by atoms with Crippen molar-refractivity contribution in [1.82, 2.24) is 0 Å².